The Morgan fingerprint density at radius 2 is 1.95 bits per heavy atom. The lowest BCUT2D eigenvalue weighted by molar-refractivity contribution is 0.384. The second-order valence-corrected chi connectivity index (χ2v) is 5.61. The third-order valence-corrected chi connectivity index (χ3v) is 3.97. The number of nitrogens with zero attached hydrogens (tertiary/aromatic N) is 3. The van der Waals surface area contributed by atoms with E-state index in [9.17, 15) is 0 Å². The second kappa shape index (κ2) is 5.67. The van der Waals surface area contributed by atoms with Gasteiger partial charge in [0.2, 0.25) is 0 Å². The number of pyridine rings is 1. The first-order valence-electron chi connectivity index (χ1n) is 7.24. The van der Waals surface area contributed by atoms with Gasteiger partial charge in [0.1, 0.15) is 5.82 Å². The van der Waals surface area contributed by atoms with Gasteiger partial charge in [-0.25, -0.2) is 9.97 Å². The Morgan fingerprint density at radius 3 is 2.65 bits per heavy atom. The molecule has 0 bridgehead atoms. The summed E-state index contributed by atoms with van der Waals surface area (Å²) in [6.07, 6.45) is 7.96. The van der Waals surface area contributed by atoms with Crippen LogP contribution in [0.25, 0.3) is 11.3 Å². The first-order valence-corrected chi connectivity index (χ1v) is 7.24. The fourth-order valence-electron chi connectivity index (χ4n) is 2.81. The van der Waals surface area contributed by atoms with E-state index in [0.29, 0.717) is 12.0 Å². The molecule has 0 spiro atoms. The van der Waals surface area contributed by atoms with Crippen molar-refractivity contribution in [2.75, 3.05) is 0 Å². The molecule has 2 aromatic rings. The van der Waals surface area contributed by atoms with Crippen LogP contribution in [0.2, 0.25) is 0 Å². The SMILES string of the molecule is Cc1cc(-c2cccnc2)nc(C2CCC(N)CC2)n1. The molecule has 1 saturated carbocycles. The first kappa shape index (κ1) is 13.2. The third-order valence-electron chi connectivity index (χ3n) is 3.97. The van der Waals surface area contributed by atoms with E-state index in [4.69, 9.17) is 10.7 Å². The van der Waals surface area contributed by atoms with E-state index in [0.717, 1.165) is 48.5 Å². The number of rotatable bonds is 2. The molecule has 20 heavy (non-hydrogen) atoms. The number of hydrogen-bond donors (Lipinski definition) is 1. The quantitative estimate of drug-likeness (QED) is 0.909. The van der Waals surface area contributed by atoms with Gasteiger partial charge in [-0.05, 0) is 50.8 Å². The van der Waals surface area contributed by atoms with Crippen LogP contribution in [-0.2, 0) is 0 Å². The third kappa shape index (κ3) is 2.85. The monoisotopic (exact) mass is 268 g/mol. The molecule has 0 atom stereocenters. The summed E-state index contributed by atoms with van der Waals surface area (Å²) in [5, 5.41) is 0. The molecule has 4 heteroatoms. The number of aromatic nitrogens is 3. The Kier molecular flexibility index (Phi) is 3.74. The zero-order valence-corrected chi connectivity index (χ0v) is 11.8. The Labute approximate surface area is 119 Å². The maximum atomic E-state index is 5.98. The highest BCUT2D eigenvalue weighted by atomic mass is 14.9. The summed E-state index contributed by atoms with van der Waals surface area (Å²) in [5.74, 6) is 1.42. The van der Waals surface area contributed by atoms with Crippen molar-refractivity contribution in [3.63, 3.8) is 0 Å². The lowest BCUT2D eigenvalue weighted by Gasteiger charge is -2.25. The minimum atomic E-state index is 0.355. The second-order valence-electron chi connectivity index (χ2n) is 5.61. The van der Waals surface area contributed by atoms with Crippen LogP contribution in [0.1, 0.15) is 43.1 Å². The predicted octanol–water partition coefficient (Wildman–Crippen LogP) is 2.83. The van der Waals surface area contributed by atoms with Crippen LogP contribution in [0.15, 0.2) is 30.6 Å². The van der Waals surface area contributed by atoms with Crippen molar-refractivity contribution < 1.29 is 0 Å². The normalized spacial score (nSPS) is 22.7. The maximum absolute atomic E-state index is 5.98. The zero-order valence-electron chi connectivity index (χ0n) is 11.8. The number of nitrogens with two attached hydrogens (primary N) is 1. The summed E-state index contributed by atoms with van der Waals surface area (Å²) >= 11 is 0. The summed E-state index contributed by atoms with van der Waals surface area (Å²) in [4.78, 5) is 13.6. The highest BCUT2D eigenvalue weighted by Crippen LogP contribution is 2.31. The van der Waals surface area contributed by atoms with Crippen molar-refractivity contribution >= 4 is 0 Å². The van der Waals surface area contributed by atoms with Crippen molar-refractivity contribution in [3.05, 3.63) is 42.1 Å². The molecule has 4 nitrogen and oxygen atoms in total. The molecular weight excluding hydrogens is 248 g/mol. The summed E-state index contributed by atoms with van der Waals surface area (Å²) < 4.78 is 0. The largest absolute Gasteiger partial charge is 0.328 e. The van der Waals surface area contributed by atoms with Gasteiger partial charge in [-0.3, -0.25) is 4.98 Å². The Hall–Kier alpha value is -1.81. The number of hydrogen-bond acceptors (Lipinski definition) is 4. The van der Waals surface area contributed by atoms with Gasteiger partial charge in [0.25, 0.3) is 0 Å². The van der Waals surface area contributed by atoms with Crippen LogP contribution < -0.4 is 5.73 Å². The number of aryl methyl sites for hydroxylation is 1. The molecule has 0 amide bonds. The summed E-state index contributed by atoms with van der Waals surface area (Å²) in [6, 6.07) is 6.35. The van der Waals surface area contributed by atoms with Gasteiger partial charge in [0.15, 0.2) is 0 Å². The molecule has 0 unspecified atom stereocenters. The Bertz CT molecular complexity index is 574. The topological polar surface area (TPSA) is 64.7 Å². The molecule has 1 fully saturated rings. The lowest BCUT2D eigenvalue weighted by atomic mass is 9.86. The van der Waals surface area contributed by atoms with E-state index < -0.39 is 0 Å². The van der Waals surface area contributed by atoms with E-state index in [1.807, 2.05) is 31.3 Å². The minimum Gasteiger partial charge on any atom is -0.328 e. The van der Waals surface area contributed by atoms with Crippen molar-refractivity contribution in [3.8, 4) is 11.3 Å². The smallest absolute Gasteiger partial charge is 0.132 e. The summed E-state index contributed by atoms with van der Waals surface area (Å²) in [6.45, 7) is 2.03. The maximum Gasteiger partial charge on any atom is 0.132 e. The van der Waals surface area contributed by atoms with Crippen molar-refractivity contribution in [2.24, 2.45) is 5.73 Å². The van der Waals surface area contributed by atoms with E-state index in [-0.39, 0.29) is 0 Å². The average molecular weight is 268 g/mol. The van der Waals surface area contributed by atoms with Crippen LogP contribution in [0, 0.1) is 6.92 Å². The molecule has 104 valence electrons. The molecule has 0 aliphatic heterocycles. The molecule has 0 radical (unpaired) electrons. The van der Waals surface area contributed by atoms with Gasteiger partial charge in [-0.15, -0.1) is 0 Å². The van der Waals surface area contributed by atoms with Gasteiger partial charge in [0.05, 0.1) is 5.69 Å². The van der Waals surface area contributed by atoms with E-state index >= 15 is 0 Å². The van der Waals surface area contributed by atoms with Gasteiger partial charge < -0.3 is 5.73 Å². The van der Waals surface area contributed by atoms with Crippen LogP contribution in [0.3, 0.4) is 0 Å². The Balaban J connectivity index is 1.91. The summed E-state index contributed by atoms with van der Waals surface area (Å²) in [5.41, 5.74) is 9.01. The van der Waals surface area contributed by atoms with E-state index in [1.54, 1.807) is 6.20 Å². The highest BCUT2D eigenvalue weighted by Gasteiger charge is 2.22. The molecule has 2 N–H and O–H groups in total. The van der Waals surface area contributed by atoms with Crippen molar-refractivity contribution in [2.45, 2.75) is 44.6 Å². The molecule has 0 saturated heterocycles. The molecule has 3 rings (SSSR count). The molecule has 0 aromatic carbocycles. The molecule has 1 aliphatic rings. The van der Waals surface area contributed by atoms with Gasteiger partial charge in [-0.2, -0.15) is 0 Å². The van der Waals surface area contributed by atoms with E-state index in [2.05, 4.69) is 9.97 Å². The van der Waals surface area contributed by atoms with Gasteiger partial charge >= 0.3 is 0 Å². The standard InChI is InChI=1S/C16H20N4/c1-11-9-15(13-3-2-8-18-10-13)20-16(19-11)12-4-6-14(17)7-5-12/h2-3,8-10,12,14H,4-7,17H2,1H3. The first-order chi connectivity index (χ1) is 9.72. The van der Waals surface area contributed by atoms with E-state index in [1.165, 1.54) is 0 Å². The predicted molar refractivity (Wildman–Crippen MR) is 79.2 cm³/mol. The van der Waals surface area contributed by atoms with Crippen molar-refractivity contribution in [1.82, 2.24) is 15.0 Å². The molecule has 1 aliphatic carbocycles. The molecular formula is C16H20N4. The zero-order chi connectivity index (χ0) is 13.9. The van der Waals surface area contributed by atoms with Crippen LogP contribution in [0.4, 0.5) is 0 Å². The lowest BCUT2D eigenvalue weighted by Crippen LogP contribution is -2.26. The minimum absolute atomic E-state index is 0.355. The average Bonchev–Trinajstić information content (AvgIpc) is 2.48. The summed E-state index contributed by atoms with van der Waals surface area (Å²) in [7, 11) is 0. The Morgan fingerprint density at radius 1 is 1.15 bits per heavy atom. The van der Waals surface area contributed by atoms with Gasteiger partial charge in [0, 0.05) is 35.6 Å². The molecule has 2 heterocycles. The van der Waals surface area contributed by atoms with Crippen molar-refractivity contribution in [1.29, 1.82) is 0 Å². The molecule has 2 aromatic heterocycles. The fourth-order valence-corrected chi connectivity index (χ4v) is 2.81. The van der Waals surface area contributed by atoms with Gasteiger partial charge in [-0.1, -0.05) is 0 Å². The van der Waals surface area contributed by atoms with Crippen LogP contribution in [0.5, 0.6) is 0 Å². The van der Waals surface area contributed by atoms with Crippen LogP contribution in [-0.4, -0.2) is 21.0 Å². The van der Waals surface area contributed by atoms with Crippen LogP contribution >= 0.6 is 0 Å². The fraction of sp³-hybridized carbons (Fsp3) is 0.438. The highest BCUT2D eigenvalue weighted by molar-refractivity contribution is 5.57.